The third kappa shape index (κ3) is 2.96. The maximum atomic E-state index is 5.95. The van der Waals surface area contributed by atoms with Crippen LogP contribution in [-0.4, -0.2) is 31.2 Å². The lowest BCUT2D eigenvalue weighted by Crippen LogP contribution is -2.51. The van der Waals surface area contributed by atoms with E-state index in [1.165, 1.54) is 0 Å². The molecule has 96 valence electrons. The van der Waals surface area contributed by atoms with Crippen LogP contribution in [0.15, 0.2) is 0 Å². The number of rotatable bonds is 6. The minimum Gasteiger partial charge on any atom is -0.375 e. The summed E-state index contributed by atoms with van der Waals surface area (Å²) >= 11 is 0. The van der Waals surface area contributed by atoms with Crippen molar-refractivity contribution in [3.63, 3.8) is 0 Å². The van der Waals surface area contributed by atoms with E-state index in [9.17, 15) is 0 Å². The molecular formula is C13H26O3. The lowest BCUT2D eigenvalue weighted by Gasteiger charge is -2.46. The van der Waals surface area contributed by atoms with Gasteiger partial charge in [0.1, 0.15) is 0 Å². The molecular weight excluding hydrogens is 204 g/mol. The predicted molar refractivity (Wildman–Crippen MR) is 64.5 cm³/mol. The van der Waals surface area contributed by atoms with Crippen molar-refractivity contribution in [2.45, 2.75) is 64.8 Å². The SMILES string of the molecule is CCOC1(OCC)CCOC(CC)(CC)C1. The van der Waals surface area contributed by atoms with E-state index in [-0.39, 0.29) is 5.60 Å². The van der Waals surface area contributed by atoms with E-state index >= 15 is 0 Å². The topological polar surface area (TPSA) is 27.7 Å². The second-order valence-corrected chi connectivity index (χ2v) is 4.44. The molecule has 1 fully saturated rings. The van der Waals surface area contributed by atoms with Crippen molar-refractivity contribution in [2.24, 2.45) is 0 Å². The van der Waals surface area contributed by atoms with Crippen LogP contribution in [0, 0.1) is 0 Å². The first kappa shape index (κ1) is 13.9. The Balaban J connectivity index is 2.77. The zero-order chi connectivity index (χ0) is 12.1. The van der Waals surface area contributed by atoms with Gasteiger partial charge in [-0.2, -0.15) is 0 Å². The van der Waals surface area contributed by atoms with Gasteiger partial charge in [0, 0.05) is 26.1 Å². The molecule has 0 radical (unpaired) electrons. The summed E-state index contributed by atoms with van der Waals surface area (Å²) in [5.41, 5.74) is -0.0530. The Labute approximate surface area is 99.5 Å². The first-order valence-corrected chi connectivity index (χ1v) is 6.57. The number of hydrogen-bond acceptors (Lipinski definition) is 3. The highest BCUT2D eigenvalue weighted by molar-refractivity contribution is 4.90. The van der Waals surface area contributed by atoms with Crippen molar-refractivity contribution in [3.05, 3.63) is 0 Å². The van der Waals surface area contributed by atoms with Crippen LogP contribution in [0.2, 0.25) is 0 Å². The normalized spacial score (nSPS) is 23.2. The summed E-state index contributed by atoms with van der Waals surface area (Å²) in [6, 6.07) is 0. The first-order chi connectivity index (χ1) is 7.66. The highest BCUT2D eigenvalue weighted by Crippen LogP contribution is 2.39. The van der Waals surface area contributed by atoms with Crippen molar-refractivity contribution < 1.29 is 14.2 Å². The Bertz CT molecular complexity index is 188. The lowest BCUT2D eigenvalue weighted by atomic mass is 9.85. The molecule has 3 heteroatoms. The molecule has 0 N–H and O–H groups in total. The van der Waals surface area contributed by atoms with Crippen LogP contribution >= 0.6 is 0 Å². The van der Waals surface area contributed by atoms with Crippen molar-refractivity contribution in [3.8, 4) is 0 Å². The van der Waals surface area contributed by atoms with Gasteiger partial charge in [-0.25, -0.2) is 0 Å². The Morgan fingerprint density at radius 1 is 1.00 bits per heavy atom. The van der Waals surface area contributed by atoms with E-state index in [1.807, 2.05) is 13.8 Å². The number of hydrogen-bond donors (Lipinski definition) is 0. The standard InChI is InChI=1S/C13H26O3/c1-5-12(6-2)11-13(14-7-3,15-8-4)9-10-16-12/h5-11H2,1-4H3. The smallest absolute Gasteiger partial charge is 0.173 e. The van der Waals surface area contributed by atoms with E-state index in [4.69, 9.17) is 14.2 Å². The summed E-state index contributed by atoms with van der Waals surface area (Å²) in [5, 5.41) is 0. The zero-order valence-corrected chi connectivity index (χ0v) is 11.2. The molecule has 0 amide bonds. The van der Waals surface area contributed by atoms with Crippen molar-refractivity contribution in [1.29, 1.82) is 0 Å². The monoisotopic (exact) mass is 230 g/mol. The van der Waals surface area contributed by atoms with Crippen molar-refractivity contribution in [1.82, 2.24) is 0 Å². The largest absolute Gasteiger partial charge is 0.375 e. The lowest BCUT2D eigenvalue weighted by molar-refractivity contribution is -0.297. The molecule has 0 saturated carbocycles. The van der Waals surface area contributed by atoms with E-state index in [0.29, 0.717) is 13.2 Å². The van der Waals surface area contributed by atoms with Crippen LogP contribution in [0.3, 0.4) is 0 Å². The van der Waals surface area contributed by atoms with Gasteiger partial charge in [0.15, 0.2) is 5.79 Å². The van der Waals surface area contributed by atoms with Gasteiger partial charge >= 0.3 is 0 Å². The summed E-state index contributed by atoms with van der Waals surface area (Å²) in [4.78, 5) is 0. The Morgan fingerprint density at radius 3 is 2.00 bits per heavy atom. The van der Waals surface area contributed by atoms with E-state index in [0.717, 1.165) is 32.3 Å². The molecule has 16 heavy (non-hydrogen) atoms. The van der Waals surface area contributed by atoms with Gasteiger partial charge in [-0.05, 0) is 26.7 Å². The average Bonchev–Trinajstić information content (AvgIpc) is 2.30. The van der Waals surface area contributed by atoms with Crippen LogP contribution in [0.4, 0.5) is 0 Å². The van der Waals surface area contributed by atoms with Crippen LogP contribution in [0.25, 0.3) is 0 Å². The fourth-order valence-electron chi connectivity index (χ4n) is 2.57. The minimum atomic E-state index is -0.409. The molecule has 3 nitrogen and oxygen atoms in total. The molecule has 1 rings (SSSR count). The van der Waals surface area contributed by atoms with Crippen molar-refractivity contribution in [2.75, 3.05) is 19.8 Å². The van der Waals surface area contributed by atoms with Gasteiger partial charge in [0.05, 0.1) is 12.2 Å². The summed E-state index contributed by atoms with van der Waals surface area (Å²) < 4.78 is 17.7. The summed E-state index contributed by atoms with van der Waals surface area (Å²) in [6.45, 7) is 10.5. The molecule has 0 aromatic heterocycles. The summed E-state index contributed by atoms with van der Waals surface area (Å²) in [6.07, 6.45) is 3.74. The second-order valence-electron chi connectivity index (χ2n) is 4.44. The average molecular weight is 230 g/mol. The molecule has 1 heterocycles. The third-order valence-electron chi connectivity index (χ3n) is 3.59. The van der Waals surface area contributed by atoms with Gasteiger partial charge in [0.2, 0.25) is 0 Å². The Morgan fingerprint density at radius 2 is 1.56 bits per heavy atom. The summed E-state index contributed by atoms with van der Waals surface area (Å²) in [5.74, 6) is -0.409. The maximum Gasteiger partial charge on any atom is 0.173 e. The molecule has 0 atom stereocenters. The van der Waals surface area contributed by atoms with Gasteiger partial charge in [-0.3, -0.25) is 0 Å². The van der Waals surface area contributed by atoms with E-state index in [1.54, 1.807) is 0 Å². The van der Waals surface area contributed by atoms with E-state index in [2.05, 4.69) is 13.8 Å². The molecule has 0 aliphatic carbocycles. The molecule has 1 aliphatic rings. The maximum absolute atomic E-state index is 5.95. The fraction of sp³-hybridized carbons (Fsp3) is 1.00. The van der Waals surface area contributed by atoms with Crippen molar-refractivity contribution >= 4 is 0 Å². The molecule has 0 unspecified atom stereocenters. The zero-order valence-electron chi connectivity index (χ0n) is 11.2. The van der Waals surface area contributed by atoms with Gasteiger partial charge < -0.3 is 14.2 Å². The highest BCUT2D eigenvalue weighted by Gasteiger charge is 2.45. The van der Waals surface area contributed by atoms with Crippen LogP contribution in [-0.2, 0) is 14.2 Å². The van der Waals surface area contributed by atoms with Crippen LogP contribution in [0.1, 0.15) is 53.4 Å². The first-order valence-electron chi connectivity index (χ1n) is 6.57. The minimum absolute atomic E-state index is 0.0530. The van der Waals surface area contributed by atoms with Gasteiger partial charge in [-0.15, -0.1) is 0 Å². The molecule has 0 spiro atoms. The van der Waals surface area contributed by atoms with Gasteiger partial charge in [0.25, 0.3) is 0 Å². The Kier molecular flexibility index (Phi) is 5.22. The van der Waals surface area contributed by atoms with Gasteiger partial charge in [-0.1, -0.05) is 13.8 Å². The van der Waals surface area contributed by atoms with Crippen LogP contribution < -0.4 is 0 Å². The molecule has 0 aromatic carbocycles. The fourth-order valence-corrected chi connectivity index (χ4v) is 2.57. The number of ether oxygens (including phenoxy) is 3. The van der Waals surface area contributed by atoms with Crippen LogP contribution in [0.5, 0.6) is 0 Å². The highest BCUT2D eigenvalue weighted by atomic mass is 16.7. The molecule has 1 saturated heterocycles. The predicted octanol–water partition coefficient (Wildman–Crippen LogP) is 3.12. The molecule has 0 bridgehead atoms. The Hall–Kier alpha value is -0.120. The second kappa shape index (κ2) is 5.99. The quantitative estimate of drug-likeness (QED) is 0.656. The van der Waals surface area contributed by atoms with E-state index < -0.39 is 5.79 Å². The molecule has 1 aliphatic heterocycles. The molecule has 0 aromatic rings. The summed E-state index contributed by atoms with van der Waals surface area (Å²) in [7, 11) is 0. The third-order valence-corrected chi connectivity index (χ3v) is 3.59.